The summed E-state index contributed by atoms with van der Waals surface area (Å²) in [5, 5.41) is 7.51. The Labute approximate surface area is 305 Å². The molecule has 1 aliphatic carbocycles. The quantitative estimate of drug-likeness (QED) is 0.177. The van der Waals surface area contributed by atoms with E-state index in [9.17, 15) is 0 Å². The van der Waals surface area contributed by atoms with Crippen LogP contribution in [-0.2, 0) is 5.41 Å². The maximum absolute atomic E-state index is 2.53. The summed E-state index contributed by atoms with van der Waals surface area (Å²) in [5.41, 5.74) is 13.5. The Hall–Kier alpha value is -6.44. The molecule has 0 aromatic heterocycles. The molecular weight excluding hydrogens is 627 g/mol. The van der Waals surface area contributed by atoms with Crippen LogP contribution in [0.15, 0.2) is 188 Å². The van der Waals surface area contributed by atoms with Gasteiger partial charge in [0, 0.05) is 16.7 Å². The van der Waals surface area contributed by atoms with Gasteiger partial charge in [-0.05, 0) is 114 Å². The van der Waals surface area contributed by atoms with E-state index in [4.69, 9.17) is 0 Å². The van der Waals surface area contributed by atoms with Crippen molar-refractivity contribution in [1.82, 2.24) is 0 Å². The Morgan fingerprint density at radius 2 is 0.981 bits per heavy atom. The SMILES string of the molecule is CC1(C)c2cc3ccccc3cc2-c2cccc(N(c3ccc(-c4ccccc4)cc3)c3ccc4ccccc4c3-c3ccc4ccccc4c3)c21. The summed E-state index contributed by atoms with van der Waals surface area (Å²) in [6.07, 6.45) is 0. The Morgan fingerprint density at radius 3 is 1.75 bits per heavy atom. The van der Waals surface area contributed by atoms with E-state index in [0.717, 1.165) is 11.4 Å². The van der Waals surface area contributed by atoms with Crippen LogP contribution in [0.5, 0.6) is 0 Å². The molecule has 0 bridgehead atoms. The van der Waals surface area contributed by atoms with E-state index in [-0.39, 0.29) is 5.41 Å². The van der Waals surface area contributed by atoms with Crippen molar-refractivity contribution in [1.29, 1.82) is 0 Å². The molecule has 0 saturated carbocycles. The number of rotatable bonds is 5. The lowest BCUT2D eigenvalue weighted by molar-refractivity contribution is 0.661. The van der Waals surface area contributed by atoms with Crippen LogP contribution in [0.1, 0.15) is 25.0 Å². The largest absolute Gasteiger partial charge is 0.310 e. The summed E-state index contributed by atoms with van der Waals surface area (Å²) in [4.78, 5) is 2.53. The predicted molar refractivity (Wildman–Crippen MR) is 222 cm³/mol. The average Bonchev–Trinajstić information content (AvgIpc) is 3.42. The zero-order valence-corrected chi connectivity index (χ0v) is 29.3. The molecule has 0 fully saturated rings. The monoisotopic (exact) mass is 663 g/mol. The fourth-order valence-corrected chi connectivity index (χ4v) is 8.66. The van der Waals surface area contributed by atoms with Crippen molar-refractivity contribution in [3.8, 4) is 33.4 Å². The van der Waals surface area contributed by atoms with Gasteiger partial charge in [-0.1, -0.05) is 159 Å². The number of hydrogen-bond acceptors (Lipinski definition) is 1. The van der Waals surface area contributed by atoms with Crippen molar-refractivity contribution in [2.24, 2.45) is 0 Å². The lowest BCUT2D eigenvalue weighted by atomic mass is 9.80. The first-order chi connectivity index (χ1) is 25.5. The number of hydrogen-bond donors (Lipinski definition) is 0. The standard InChI is InChI=1S/C51H37N/c1-51(2)46-33-40-19-9-8-18-39(40)32-45(46)44-21-12-22-48(50(44)51)52(42-28-25-36(26-29-42)34-13-4-3-5-14-34)47-30-27-37-16-10-11-20-43(37)49(47)41-24-23-35-15-6-7-17-38(35)31-41/h3-33H,1-2H3. The third-order valence-electron chi connectivity index (χ3n) is 11.2. The molecule has 9 aromatic rings. The smallest absolute Gasteiger partial charge is 0.0546 e. The molecule has 0 unspecified atom stereocenters. The molecule has 9 aromatic carbocycles. The second kappa shape index (κ2) is 11.8. The van der Waals surface area contributed by atoms with E-state index in [0.29, 0.717) is 0 Å². The highest BCUT2D eigenvalue weighted by Gasteiger charge is 2.39. The van der Waals surface area contributed by atoms with Gasteiger partial charge in [0.15, 0.2) is 0 Å². The molecule has 0 aliphatic heterocycles. The van der Waals surface area contributed by atoms with Gasteiger partial charge in [-0.25, -0.2) is 0 Å². The number of benzene rings is 9. The third kappa shape index (κ3) is 4.77. The highest BCUT2D eigenvalue weighted by atomic mass is 15.1. The van der Waals surface area contributed by atoms with Crippen LogP contribution in [0.2, 0.25) is 0 Å². The summed E-state index contributed by atoms with van der Waals surface area (Å²) in [7, 11) is 0. The summed E-state index contributed by atoms with van der Waals surface area (Å²) in [5.74, 6) is 0. The van der Waals surface area contributed by atoms with Gasteiger partial charge >= 0.3 is 0 Å². The van der Waals surface area contributed by atoms with E-state index >= 15 is 0 Å². The molecule has 0 radical (unpaired) electrons. The Balaban J connectivity index is 1.26. The average molecular weight is 664 g/mol. The van der Waals surface area contributed by atoms with E-state index in [1.807, 2.05) is 0 Å². The van der Waals surface area contributed by atoms with E-state index in [1.54, 1.807) is 0 Å². The van der Waals surface area contributed by atoms with Crippen LogP contribution < -0.4 is 4.90 Å². The first-order valence-corrected chi connectivity index (χ1v) is 18.2. The van der Waals surface area contributed by atoms with Gasteiger partial charge in [-0.3, -0.25) is 0 Å². The zero-order valence-electron chi connectivity index (χ0n) is 29.3. The highest BCUT2D eigenvalue weighted by molar-refractivity contribution is 6.07. The van der Waals surface area contributed by atoms with Gasteiger partial charge < -0.3 is 4.90 Å². The Bertz CT molecular complexity index is 2810. The van der Waals surface area contributed by atoms with Gasteiger partial charge in [-0.15, -0.1) is 0 Å². The topological polar surface area (TPSA) is 3.24 Å². The maximum Gasteiger partial charge on any atom is 0.0546 e. The molecule has 0 spiro atoms. The summed E-state index contributed by atoms with van der Waals surface area (Å²) in [6.45, 7) is 4.80. The molecule has 0 atom stereocenters. The summed E-state index contributed by atoms with van der Waals surface area (Å²) < 4.78 is 0. The van der Waals surface area contributed by atoms with Gasteiger partial charge in [0.25, 0.3) is 0 Å². The molecule has 246 valence electrons. The number of fused-ring (bicyclic) bond motifs is 6. The minimum absolute atomic E-state index is 0.229. The lowest BCUT2D eigenvalue weighted by Crippen LogP contribution is -2.21. The Kier molecular flexibility index (Phi) is 6.91. The molecule has 1 aliphatic rings. The minimum Gasteiger partial charge on any atom is -0.310 e. The van der Waals surface area contributed by atoms with E-state index in [2.05, 4.69) is 207 Å². The molecule has 0 amide bonds. The number of anilines is 3. The van der Waals surface area contributed by atoms with Crippen LogP contribution in [0.4, 0.5) is 17.1 Å². The molecule has 1 nitrogen and oxygen atoms in total. The molecule has 1 heteroatoms. The van der Waals surface area contributed by atoms with Crippen LogP contribution in [0, 0.1) is 0 Å². The van der Waals surface area contributed by atoms with Crippen LogP contribution in [0.3, 0.4) is 0 Å². The Morgan fingerprint density at radius 1 is 0.385 bits per heavy atom. The molecule has 52 heavy (non-hydrogen) atoms. The maximum atomic E-state index is 2.53. The summed E-state index contributed by atoms with van der Waals surface area (Å²) >= 11 is 0. The second-order valence-corrected chi connectivity index (χ2v) is 14.6. The normalized spacial score (nSPS) is 13.0. The van der Waals surface area contributed by atoms with Crippen LogP contribution in [-0.4, -0.2) is 0 Å². The summed E-state index contributed by atoms with van der Waals surface area (Å²) in [6, 6.07) is 69.3. The van der Waals surface area contributed by atoms with Crippen molar-refractivity contribution in [3.05, 3.63) is 199 Å². The van der Waals surface area contributed by atoms with Crippen molar-refractivity contribution in [2.45, 2.75) is 19.3 Å². The minimum atomic E-state index is -0.229. The molecule has 0 heterocycles. The van der Waals surface area contributed by atoms with Gasteiger partial charge in [0.1, 0.15) is 0 Å². The van der Waals surface area contributed by atoms with Crippen LogP contribution in [0.25, 0.3) is 65.7 Å². The van der Waals surface area contributed by atoms with Crippen molar-refractivity contribution < 1.29 is 0 Å². The number of nitrogens with zero attached hydrogens (tertiary/aromatic N) is 1. The second-order valence-electron chi connectivity index (χ2n) is 14.6. The first-order valence-electron chi connectivity index (χ1n) is 18.2. The molecule has 0 N–H and O–H groups in total. The molecule has 10 rings (SSSR count). The van der Waals surface area contributed by atoms with Gasteiger partial charge in [-0.2, -0.15) is 0 Å². The van der Waals surface area contributed by atoms with Crippen molar-refractivity contribution in [2.75, 3.05) is 4.90 Å². The first kappa shape index (κ1) is 30.4. The van der Waals surface area contributed by atoms with Crippen molar-refractivity contribution >= 4 is 49.4 Å². The lowest BCUT2D eigenvalue weighted by Gasteiger charge is -2.34. The third-order valence-corrected chi connectivity index (χ3v) is 11.2. The zero-order chi connectivity index (χ0) is 34.8. The molecule has 0 saturated heterocycles. The van der Waals surface area contributed by atoms with Crippen molar-refractivity contribution in [3.63, 3.8) is 0 Å². The fraction of sp³-hybridized carbons (Fsp3) is 0.0588. The van der Waals surface area contributed by atoms with E-state index < -0.39 is 0 Å². The van der Waals surface area contributed by atoms with Crippen LogP contribution >= 0.6 is 0 Å². The van der Waals surface area contributed by atoms with Gasteiger partial charge in [0.2, 0.25) is 0 Å². The fourth-order valence-electron chi connectivity index (χ4n) is 8.66. The molecular formula is C51H37N. The predicted octanol–water partition coefficient (Wildman–Crippen LogP) is 14.3. The van der Waals surface area contributed by atoms with E-state index in [1.165, 1.54) is 82.5 Å². The van der Waals surface area contributed by atoms with Gasteiger partial charge in [0.05, 0.1) is 11.4 Å². The highest BCUT2D eigenvalue weighted by Crippen LogP contribution is 2.56.